The van der Waals surface area contributed by atoms with E-state index in [4.69, 9.17) is 25.3 Å². The number of benzene rings is 2. The van der Waals surface area contributed by atoms with Gasteiger partial charge in [-0.15, -0.1) is 0 Å². The molecule has 118 valence electrons. The van der Waals surface area contributed by atoms with Crippen LogP contribution in [0.1, 0.15) is 27.7 Å². The molecule has 0 radical (unpaired) electrons. The van der Waals surface area contributed by atoms with Crippen molar-refractivity contribution in [3.05, 3.63) is 41.4 Å². The maximum atomic E-state index is 6.23. The van der Waals surface area contributed by atoms with Gasteiger partial charge in [0.2, 0.25) is 0 Å². The number of halogens is 1. The molecule has 23 heavy (non-hydrogen) atoms. The second-order valence-electron chi connectivity index (χ2n) is 7.06. The van der Waals surface area contributed by atoms with E-state index in [-0.39, 0.29) is 18.3 Å². The molecular weight excluding hydrogens is 310 g/mol. The number of rotatable bonds is 1. The third kappa shape index (κ3) is 2.20. The molecule has 5 heteroatoms. The number of furan rings is 1. The molecule has 0 N–H and O–H groups in total. The Morgan fingerprint density at radius 3 is 2.30 bits per heavy atom. The monoisotopic (exact) mass is 328 g/mol. The first-order valence-electron chi connectivity index (χ1n) is 7.75. The van der Waals surface area contributed by atoms with Gasteiger partial charge in [-0.3, -0.25) is 0 Å². The molecule has 0 aliphatic carbocycles. The van der Waals surface area contributed by atoms with Gasteiger partial charge in [0.05, 0.1) is 16.2 Å². The van der Waals surface area contributed by atoms with Crippen LogP contribution in [-0.2, 0) is 9.31 Å². The first kappa shape index (κ1) is 15.1. The Balaban J connectivity index is 1.84. The van der Waals surface area contributed by atoms with Crippen LogP contribution in [-0.4, -0.2) is 18.3 Å². The zero-order valence-electron chi connectivity index (χ0n) is 13.6. The van der Waals surface area contributed by atoms with E-state index in [1.54, 1.807) is 0 Å². The van der Waals surface area contributed by atoms with Crippen molar-refractivity contribution in [1.82, 2.24) is 0 Å². The Bertz CT molecular complexity index is 897. The molecule has 1 aromatic heterocycles. The molecule has 4 rings (SSSR count). The lowest BCUT2D eigenvalue weighted by Crippen LogP contribution is -2.41. The normalized spacial score (nSPS) is 19.8. The van der Waals surface area contributed by atoms with Crippen molar-refractivity contribution in [2.24, 2.45) is 0 Å². The van der Waals surface area contributed by atoms with Crippen molar-refractivity contribution in [3.63, 3.8) is 0 Å². The SMILES string of the molecule is CC1(C)OB(c2ccc3oc4c(Cl)cccc4c3c2)OC1(C)C. The average Bonchev–Trinajstić information content (AvgIpc) is 2.95. The quantitative estimate of drug-likeness (QED) is 0.615. The van der Waals surface area contributed by atoms with Crippen LogP contribution in [0.4, 0.5) is 0 Å². The molecule has 0 saturated carbocycles. The summed E-state index contributed by atoms with van der Waals surface area (Å²) in [5, 5.41) is 2.65. The fourth-order valence-corrected chi connectivity index (χ4v) is 3.12. The van der Waals surface area contributed by atoms with Gasteiger partial charge in [0.25, 0.3) is 0 Å². The summed E-state index contributed by atoms with van der Waals surface area (Å²) in [4.78, 5) is 0. The fourth-order valence-electron chi connectivity index (χ4n) is 2.91. The highest BCUT2D eigenvalue weighted by Crippen LogP contribution is 2.37. The average molecular weight is 329 g/mol. The lowest BCUT2D eigenvalue weighted by Gasteiger charge is -2.32. The van der Waals surface area contributed by atoms with Crippen LogP contribution in [0.5, 0.6) is 0 Å². The van der Waals surface area contributed by atoms with Crippen LogP contribution >= 0.6 is 11.6 Å². The van der Waals surface area contributed by atoms with Gasteiger partial charge in [0.15, 0.2) is 5.58 Å². The van der Waals surface area contributed by atoms with Gasteiger partial charge < -0.3 is 13.7 Å². The summed E-state index contributed by atoms with van der Waals surface area (Å²) >= 11 is 6.23. The Hall–Kier alpha value is -1.49. The third-order valence-electron chi connectivity index (χ3n) is 5.00. The molecule has 1 saturated heterocycles. The zero-order chi connectivity index (χ0) is 16.4. The van der Waals surface area contributed by atoms with E-state index in [1.165, 1.54) is 0 Å². The van der Waals surface area contributed by atoms with E-state index in [2.05, 4.69) is 33.8 Å². The van der Waals surface area contributed by atoms with E-state index >= 15 is 0 Å². The Morgan fingerprint density at radius 2 is 1.61 bits per heavy atom. The van der Waals surface area contributed by atoms with Gasteiger partial charge in [-0.25, -0.2) is 0 Å². The molecule has 0 bridgehead atoms. The molecule has 1 aliphatic rings. The predicted octanol–water partition coefficient (Wildman–Crippen LogP) is 4.54. The molecule has 0 amide bonds. The smallest absolute Gasteiger partial charge is 0.454 e. The molecule has 1 aliphatic heterocycles. The van der Waals surface area contributed by atoms with E-state index in [1.807, 2.05) is 30.3 Å². The number of hydrogen-bond donors (Lipinski definition) is 0. The van der Waals surface area contributed by atoms with Gasteiger partial charge in [-0.05, 0) is 45.3 Å². The molecule has 0 unspecified atom stereocenters. The van der Waals surface area contributed by atoms with Gasteiger partial charge in [-0.1, -0.05) is 35.9 Å². The Labute approximate surface area is 140 Å². The summed E-state index contributed by atoms with van der Waals surface area (Å²) < 4.78 is 18.1. The summed E-state index contributed by atoms with van der Waals surface area (Å²) in [6.07, 6.45) is 0. The van der Waals surface area contributed by atoms with Gasteiger partial charge in [0, 0.05) is 10.8 Å². The maximum Gasteiger partial charge on any atom is 0.494 e. The first-order valence-corrected chi connectivity index (χ1v) is 8.13. The molecule has 2 heterocycles. The topological polar surface area (TPSA) is 31.6 Å². The van der Waals surface area contributed by atoms with E-state index < -0.39 is 0 Å². The molecule has 0 spiro atoms. The Kier molecular flexibility index (Phi) is 3.12. The van der Waals surface area contributed by atoms with Crippen molar-refractivity contribution >= 4 is 46.1 Å². The maximum absolute atomic E-state index is 6.23. The van der Waals surface area contributed by atoms with Gasteiger partial charge >= 0.3 is 7.12 Å². The van der Waals surface area contributed by atoms with Crippen LogP contribution < -0.4 is 5.46 Å². The van der Waals surface area contributed by atoms with E-state index in [0.717, 1.165) is 27.4 Å². The highest BCUT2D eigenvalue weighted by molar-refractivity contribution is 6.62. The van der Waals surface area contributed by atoms with Crippen LogP contribution in [0.3, 0.4) is 0 Å². The third-order valence-corrected chi connectivity index (χ3v) is 5.30. The fraction of sp³-hybridized carbons (Fsp3) is 0.333. The number of fused-ring (bicyclic) bond motifs is 3. The second-order valence-corrected chi connectivity index (χ2v) is 7.47. The van der Waals surface area contributed by atoms with Crippen LogP contribution in [0.2, 0.25) is 5.02 Å². The highest BCUT2D eigenvalue weighted by Gasteiger charge is 2.51. The molecular formula is C18H18BClO3. The summed E-state index contributed by atoms with van der Waals surface area (Å²) in [7, 11) is -0.381. The van der Waals surface area contributed by atoms with Crippen molar-refractivity contribution in [3.8, 4) is 0 Å². The van der Waals surface area contributed by atoms with Crippen LogP contribution in [0, 0.1) is 0 Å². The lowest BCUT2D eigenvalue weighted by molar-refractivity contribution is 0.00578. The van der Waals surface area contributed by atoms with Gasteiger partial charge in [0.1, 0.15) is 5.58 Å². The van der Waals surface area contributed by atoms with Crippen LogP contribution in [0.25, 0.3) is 21.9 Å². The molecule has 1 fully saturated rings. The standard InChI is InChI=1S/C18H18BClO3/c1-17(2)18(3,4)23-19(22-17)11-8-9-15-13(10-11)12-6-5-7-14(20)16(12)21-15/h5-10H,1-4H3. The second kappa shape index (κ2) is 4.76. The molecule has 3 aromatic rings. The molecule has 2 aromatic carbocycles. The minimum atomic E-state index is -0.381. The molecule has 3 nitrogen and oxygen atoms in total. The summed E-state index contributed by atoms with van der Waals surface area (Å²) in [6, 6.07) is 11.8. The Morgan fingerprint density at radius 1 is 0.913 bits per heavy atom. The molecule has 0 atom stereocenters. The van der Waals surface area contributed by atoms with Crippen molar-refractivity contribution < 1.29 is 13.7 Å². The summed E-state index contributed by atoms with van der Waals surface area (Å²) in [6.45, 7) is 8.22. The van der Waals surface area contributed by atoms with Crippen LogP contribution in [0.15, 0.2) is 40.8 Å². The first-order chi connectivity index (χ1) is 10.8. The lowest BCUT2D eigenvalue weighted by atomic mass is 9.78. The minimum Gasteiger partial charge on any atom is -0.454 e. The van der Waals surface area contributed by atoms with E-state index in [0.29, 0.717) is 5.02 Å². The van der Waals surface area contributed by atoms with E-state index in [9.17, 15) is 0 Å². The van der Waals surface area contributed by atoms with Crippen molar-refractivity contribution in [2.75, 3.05) is 0 Å². The predicted molar refractivity (Wildman–Crippen MR) is 94.4 cm³/mol. The zero-order valence-corrected chi connectivity index (χ0v) is 14.4. The minimum absolute atomic E-state index is 0.353. The van der Waals surface area contributed by atoms with Crippen molar-refractivity contribution in [1.29, 1.82) is 0 Å². The largest absolute Gasteiger partial charge is 0.494 e. The van der Waals surface area contributed by atoms with Crippen molar-refractivity contribution in [2.45, 2.75) is 38.9 Å². The highest BCUT2D eigenvalue weighted by atomic mass is 35.5. The number of para-hydroxylation sites is 1. The summed E-state index contributed by atoms with van der Waals surface area (Å²) in [5.74, 6) is 0. The summed E-state index contributed by atoms with van der Waals surface area (Å²) in [5.41, 5.74) is 1.81. The number of hydrogen-bond acceptors (Lipinski definition) is 3. The van der Waals surface area contributed by atoms with Gasteiger partial charge in [-0.2, -0.15) is 0 Å².